The third-order valence-electron chi connectivity index (χ3n) is 3.81. The van der Waals surface area contributed by atoms with Crippen molar-refractivity contribution < 1.29 is 4.79 Å². The Bertz CT molecular complexity index is 802. The number of para-hydroxylation sites is 2. The van der Waals surface area contributed by atoms with E-state index < -0.39 is 0 Å². The van der Waals surface area contributed by atoms with Gasteiger partial charge in [0.05, 0.1) is 17.5 Å². The normalized spacial score (nSPS) is 11.0. The molecule has 0 radical (unpaired) electrons. The SMILES string of the molecule is CCn1c(CC(=O)c2ccccc2C)nc2ccccc21. The summed E-state index contributed by atoms with van der Waals surface area (Å²) >= 11 is 0. The lowest BCUT2D eigenvalue weighted by molar-refractivity contribution is 0.0989. The van der Waals surface area contributed by atoms with Gasteiger partial charge in [-0.3, -0.25) is 4.79 Å². The van der Waals surface area contributed by atoms with Crippen molar-refractivity contribution in [2.45, 2.75) is 26.8 Å². The first-order valence-corrected chi connectivity index (χ1v) is 7.23. The second-order valence-corrected chi connectivity index (χ2v) is 5.18. The summed E-state index contributed by atoms with van der Waals surface area (Å²) in [6.45, 7) is 4.86. The van der Waals surface area contributed by atoms with E-state index in [0.717, 1.165) is 34.5 Å². The van der Waals surface area contributed by atoms with Crippen LogP contribution in [0.5, 0.6) is 0 Å². The van der Waals surface area contributed by atoms with Gasteiger partial charge in [0, 0.05) is 12.1 Å². The number of benzene rings is 2. The molecular weight excluding hydrogens is 260 g/mol. The highest BCUT2D eigenvalue weighted by Crippen LogP contribution is 2.18. The summed E-state index contributed by atoms with van der Waals surface area (Å²) in [4.78, 5) is 17.1. The Hall–Kier alpha value is -2.42. The molecule has 21 heavy (non-hydrogen) atoms. The molecule has 1 aromatic heterocycles. The molecule has 3 aromatic rings. The van der Waals surface area contributed by atoms with E-state index in [9.17, 15) is 4.79 Å². The molecule has 3 heteroatoms. The summed E-state index contributed by atoms with van der Waals surface area (Å²) in [5, 5.41) is 0. The number of fused-ring (bicyclic) bond motifs is 1. The molecule has 0 aliphatic heterocycles. The van der Waals surface area contributed by atoms with Crippen molar-refractivity contribution >= 4 is 16.8 Å². The topological polar surface area (TPSA) is 34.9 Å². The number of aromatic nitrogens is 2. The molecule has 1 heterocycles. The predicted octanol–water partition coefficient (Wildman–Crippen LogP) is 3.79. The predicted molar refractivity (Wildman–Crippen MR) is 84.6 cm³/mol. The van der Waals surface area contributed by atoms with Gasteiger partial charge in [0.2, 0.25) is 0 Å². The van der Waals surface area contributed by atoms with Crippen LogP contribution in [0.3, 0.4) is 0 Å². The van der Waals surface area contributed by atoms with Crippen LogP contribution < -0.4 is 0 Å². The van der Waals surface area contributed by atoms with E-state index in [1.54, 1.807) is 0 Å². The van der Waals surface area contributed by atoms with Crippen LogP contribution in [0.1, 0.15) is 28.7 Å². The first-order chi connectivity index (χ1) is 10.2. The summed E-state index contributed by atoms with van der Waals surface area (Å²) < 4.78 is 2.12. The van der Waals surface area contributed by atoms with Crippen LogP contribution in [-0.2, 0) is 13.0 Å². The Labute approximate surface area is 124 Å². The minimum absolute atomic E-state index is 0.123. The van der Waals surface area contributed by atoms with Crippen molar-refractivity contribution in [1.29, 1.82) is 0 Å². The summed E-state index contributed by atoms with van der Waals surface area (Å²) in [6.07, 6.45) is 0.341. The number of Topliss-reactive ketones (excluding diaryl/α,β-unsaturated/α-hetero) is 1. The lowest BCUT2D eigenvalue weighted by atomic mass is 10.0. The number of ketones is 1. The van der Waals surface area contributed by atoms with E-state index in [-0.39, 0.29) is 5.78 Å². The van der Waals surface area contributed by atoms with Crippen molar-refractivity contribution in [3.05, 3.63) is 65.5 Å². The highest BCUT2D eigenvalue weighted by molar-refractivity contribution is 5.98. The fraction of sp³-hybridized carbons (Fsp3) is 0.222. The van der Waals surface area contributed by atoms with E-state index >= 15 is 0 Å². The number of nitrogens with zero attached hydrogens (tertiary/aromatic N) is 2. The maximum absolute atomic E-state index is 12.5. The molecular formula is C18H18N2O. The molecule has 0 aliphatic rings. The number of hydrogen-bond acceptors (Lipinski definition) is 2. The molecule has 0 aliphatic carbocycles. The molecule has 0 bridgehead atoms. The van der Waals surface area contributed by atoms with Crippen LogP contribution >= 0.6 is 0 Å². The van der Waals surface area contributed by atoms with Crippen molar-refractivity contribution in [2.24, 2.45) is 0 Å². The van der Waals surface area contributed by atoms with Crippen LogP contribution in [0.2, 0.25) is 0 Å². The van der Waals surface area contributed by atoms with E-state index in [0.29, 0.717) is 6.42 Å². The Morgan fingerprint density at radius 2 is 1.81 bits per heavy atom. The van der Waals surface area contributed by atoms with Crippen LogP contribution in [0.25, 0.3) is 11.0 Å². The Morgan fingerprint density at radius 3 is 2.57 bits per heavy atom. The fourth-order valence-corrected chi connectivity index (χ4v) is 2.74. The van der Waals surface area contributed by atoms with E-state index in [4.69, 9.17) is 0 Å². The molecule has 0 unspecified atom stereocenters. The number of carbonyl (C=O) groups excluding carboxylic acids is 1. The average Bonchev–Trinajstić information content (AvgIpc) is 2.84. The van der Waals surface area contributed by atoms with Crippen molar-refractivity contribution in [2.75, 3.05) is 0 Å². The largest absolute Gasteiger partial charge is 0.328 e. The van der Waals surface area contributed by atoms with Gasteiger partial charge in [-0.25, -0.2) is 4.98 Å². The fourth-order valence-electron chi connectivity index (χ4n) is 2.74. The average molecular weight is 278 g/mol. The summed E-state index contributed by atoms with van der Waals surface area (Å²) in [5.41, 5.74) is 3.84. The van der Waals surface area contributed by atoms with Gasteiger partial charge in [0.25, 0.3) is 0 Å². The zero-order valence-electron chi connectivity index (χ0n) is 12.3. The van der Waals surface area contributed by atoms with Gasteiger partial charge in [-0.2, -0.15) is 0 Å². The van der Waals surface area contributed by atoms with Gasteiger partial charge < -0.3 is 4.57 Å². The van der Waals surface area contributed by atoms with Gasteiger partial charge in [-0.05, 0) is 31.5 Å². The number of imidazole rings is 1. The zero-order valence-corrected chi connectivity index (χ0v) is 12.3. The maximum Gasteiger partial charge on any atom is 0.170 e. The van der Waals surface area contributed by atoms with Crippen molar-refractivity contribution in [3.63, 3.8) is 0 Å². The smallest absolute Gasteiger partial charge is 0.170 e. The number of aryl methyl sites for hydroxylation is 2. The third-order valence-corrected chi connectivity index (χ3v) is 3.81. The number of hydrogen-bond donors (Lipinski definition) is 0. The molecule has 106 valence electrons. The molecule has 3 rings (SSSR count). The van der Waals surface area contributed by atoms with Crippen molar-refractivity contribution in [1.82, 2.24) is 9.55 Å². The molecule has 0 N–H and O–H groups in total. The molecule has 3 nitrogen and oxygen atoms in total. The highest BCUT2D eigenvalue weighted by atomic mass is 16.1. The van der Waals surface area contributed by atoms with Gasteiger partial charge in [-0.1, -0.05) is 36.4 Å². The Balaban J connectivity index is 1.98. The van der Waals surface area contributed by atoms with Crippen LogP contribution in [0, 0.1) is 6.92 Å². The Kier molecular flexibility index (Phi) is 3.57. The third kappa shape index (κ3) is 2.47. The number of rotatable bonds is 4. The maximum atomic E-state index is 12.5. The molecule has 0 spiro atoms. The summed E-state index contributed by atoms with van der Waals surface area (Å²) in [5.74, 6) is 0.963. The quantitative estimate of drug-likeness (QED) is 0.680. The first-order valence-electron chi connectivity index (χ1n) is 7.23. The first kappa shape index (κ1) is 13.6. The number of carbonyl (C=O) groups is 1. The monoisotopic (exact) mass is 278 g/mol. The summed E-state index contributed by atoms with van der Waals surface area (Å²) in [6, 6.07) is 15.7. The second-order valence-electron chi connectivity index (χ2n) is 5.18. The molecule has 0 fully saturated rings. The molecule has 0 amide bonds. The van der Waals surface area contributed by atoms with Gasteiger partial charge in [0.15, 0.2) is 5.78 Å². The van der Waals surface area contributed by atoms with Crippen LogP contribution in [0.15, 0.2) is 48.5 Å². The minimum atomic E-state index is 0.123. The van der Waals surface area contributed by atoms with Crippen LogP contribution in [-0.4, -0.2) is 15.3 Å². The van der Waals surface area contributed by atoms with Crippen LogP contribution in [0.4, 0.5) is 0 Å². The van der Waals surface area contributed by atoms with Crippen molar-refractivity contribution in [3.8, 4) is 0 Å². The van der Waals surface area contributed by atoms with Gasteiger partial charge in [0.1, 0.15) is 5.82 Å². The highest BCUT2D eigenvalue weighted by Gasteiger charge is 2.15. The van der Waals surface area contributed by atoms with Gasteiger partial charge in [-0.15, -0.1) is 0 Å². The lowest BCUT2D eigenvalue weighted by Gasteiger charge is -2.07. The minimum Gasteiger partial charge on any atom is -0.328 e. The molecule has 0 saturated heterocycles. The Morgan fingerprint density at radius 1 is 1.10 bits per heavy atom. The van der Waals surface area contributed by atoms with E-state index in [1.807, 2.05) is 55.5 Å². The van der Waals surface area contributed by atoms with E-state index in [2.05, 4.69) is 16.5 Å². The van der Waals surface area contributed by atoms with E-state index in [1.165, 1.54) is 0 Å². The molecule has 2 aromatic carbocycles. The standard InChI is InChI=1S/C18H18N2O/c1-3-20-16-11-7-6-10-15(16)19-18(20)12-17(21)14-9-5-4-8-13(14)2/h4-11H,3,12H2,1-2H3. The summed E-state index contributed by atoms with van der Waals surface area (Å²) in [7, 11) is 0. The van der Waals surface area contributed by atoms with Gasteiger partial charge >= 0.3 is 0 Å². The zero-order chi connectivity index (χ0) is 14.8. The molecule has 0 atom stereocenters. The lowest BCUT2D eigenvalue weighted by Crippen LogP contribution is -2.11. The second kappa shape index (κ2) is 5.52. The molecule has 0 saturated carbocycles.